The monoisotopic (exact) mass is 401 g/mol. The Morgan fingerprint density at radius 2 is 2.04 bits per heavy atom. The van der Waals surface area contributed by atoms with Crippen LogP contribution < -0.4 is 10.2 Å². The van der Waals surface area contributed by atoms with Crippen molar-refractivity contribution in [1.82, 2.24) is 14.9 Å². The number of carbonyl (C=O) groups excluding carboxylic acids is 1. The van der Waals surface area contributed by atoms with Crippen molar-refractivity contribution in [3.8, 4) is 0 Å². The van der Waals surface area contributed by atoms with Crippen LogP contribution in [0.2, 0.25) is 0 Å². The smallest absolute Gasteiger partial charge is 0.259 e. The molecule has 4 heterocycles. The van der Waals surface area contributed by atoms with Gasteiger partial charge in [-0.25, -0.2) is 9.97 Å². The van der Waals surface area contributed by atoms with Crippen molar-refractivity contribution < 1.29 is 9.53 Å². The molecule has 2 fully saturated rings. The molecule has 8 heteroatoms. The normalized spacial score (nSPS) is 19.0. The molecule has 0 radical (unpaired) electrons. The minimum Gasteiger partial charge on any atom is -0.378 e. The van der Waals surface area contributed by atoms with Gasteiger partial charge in [-0.05, 0) is 44.0 Å². The van der Waals surface area contributed by atoms with Crippen LogP contribution in [0.3, 0.4) is 0 Å². The van der Waals surface area contributed by atoms with Gasteiger partial charge in [0.2, 0.25) is 0 Å². The predicted octanol–water partition coefficient (Wildman–Crippen LogP) is 2.86. The second kappa shape index (κ2) is 8.98. The van der Waals surface area contributed by atoms with Crippen molar-refractivity contribution in [1.29, 1.82) is 0 Å². The molecule has 2 saturated heterocycles. The van der Waals surface area contributed by atoms with Gasteiger partial charge >= 0.3 is 0 Å². The van der Waals surface area contributed by atoms with E-state index in [9.17, 15) is 4.79 Å². The van der Waals surface area contributed by atoms with Crippen molar-refractivity contribution in [2.75, 3.05) is 49.6 Å². The quantitative estimate of drug-likeness (QED) is 0.831. The van der Waals surface area contributed by atoms with Crippen LogP contribution in [0.5, 0.6) is 0 Å². The number of nitrogens with zero attached hydrogens (tertiary/aromatic N) is 4. The first kappa shape index (κ1) is 19.3. The Morgan fingerprint density at radius 3 is 2.75 bits per heavy atom. The first-order valence-electron chi connectivity index (χ1n) is 9.94. The SMILES string of the molecule is CC1CCN(Cc2csc(NC(=O)c3ccc(N4CCOCC4)nc3)n2)CC1. The van der Waals surface area contributed by atoms with Gasteiger partial charge in [-0.3, -0.25) is 15.0 Å². The highest BCUT2D eigenvalue weighted by atomic mass is 32.1. The topological polar surface area (TPSA) is 70.6 Å². The number of piperidine rings is 1. The van der Waals surface area contributed by atoms with Crippen molar-refractivity contribution in [3.05, 3.63) is 35.0 Å². The number of anilines is 2. The minimum atomic E-state index is -0.172. The number of rotatable bonds is 5. The lowest BCUT2D eigenvalue weighted by Gasteiger charge is -2.29. The maximum Gasteiger partial charge on any atom is 0.259 e. The zero-order valence-corrected chi connectivity index (χ0v) is 17.1. The molecule has 0 bridgehead atoms. The van der Waals surface area contributed by atoms with Crippen LogP contribution in [0.15, 0.2) is 23.7 Å². The summed E-state index contributed by atoms with van der Waals surface area (Å²) >= 11 is 1.48. The zero-order chi connectivity index (χ0) is 19.3. The molecular weight excluding hydrogens is 374 g/mol. The molecule has 0 aromatic carbocycles. The molecule has 4 rings (SSSR count). The third kappa shape index (κ3) is 4.87. The Balaban J connectivity index is 1.31. The van der Waals surface area contributed by atoms with Gasteiger partial charge in [0, 0.05) is 31.2 Å². The van der Waals surface area contributed by atoms with E-state index in [1.54, 1.807) is 6.20 Å². The van der Waals surface area contributed by atoms with Gasteiger partial charge in [0.25, 0.3) is 5.91 Å². The van der Waals surface area contributed by atoms with E-state index in [1.807, 2.05) is 17.5 Å². The molecule has 1 amide bonds. The van der Waals surface area contributed by atoms with Crippen molar-refractivity contribution in [3.63, 3.8) is 0 Å². The van der Waals surface area contributed by atoms with E-state index in [4.69, 9.17) is 4.74 Å². The third-order valence-electron chi connectivity index (χ3n) is 5.38. The summed E-state index contributed by atoms with van der Waals surface area (Å²) in [5.74, 6) is 1.53. The van der Waals surface area contributed by atoms with E-state index in [1.165, 1.54) is 24.2 Å². The molecule has 0 unspecified atom stereocenters. The third-order valence-corrected chi connectivity index (χ3v) is 6.19. The van der Waals surface area contributed by atoms with Gasteiger partial charge in [-0.15, -0.1) is 11.3 Å². The Kier molecular flexibility index (Phi) is 6.19. The van der Waals surface area contributed by atoms with Gasteiger partial charge in [-0.2, -0.15) is 0 Å². The lowest BCUT2D eigenvalue weighted by Crippen LogP contribution is -2.36. The fourth-order valence-electron chi connectivity index (χ4n) is 3.56. The van der Waals surface area contributed by atoms with Crippen LogP contribution in [0.1, 0.15) is 35.8 Å². The van der Waals surface area contributed by atoms with Crippen molar-refractivity contribution in [2.24, 2.45) is 5.92 Å². The van der Waals surface area contributed by atoms with Crippen LogP contribution in [0.4, 0.5) is 10.9 Å². The molecule has 2 aliphatic heterocycles. The number of hydrogen-bond acceptors (Lipinski definition) is 7. The van der Waals surface area contributed by atoms with Gasteiger partial charge in [0.05, 0.1) is 24.5 Å². The molecule has 2 aromatic rings. The summed E-state index contributed by atoms with van der Waals surface area (Å²) in [5.41, 5.74) is 1.56. The van der Waals surface area contributed by atoms with Gasteiger partial charge in [0.1, 0.15) is 5.82 Å². The highest BCUT2D eigenvalue weighted by Gasteiger charge is 2.18. The molecule has 0 spiro atoms. The first-order chi connectivity index (χ1) is 13.7. The summed E-state index contributed by atoms with van der Waals surface area (Å²) < 4.78 is 5.36. The first-order valence-corrected chi connectivity index (χ1v) is 10.8. The largest absolute Gasteiger partial charge is 0.378 e. The van der Waals surface area contributed by atoms with E-state index >= 15 is 0 Å². The fourth-order valence-corrected chi connectivity index (χ4v) is 4.25. The molecule has 1 N–H and O–H groups in total. The number of pyridine rings is 1. The maximum atomic E-state index is 12.5. The maximum absolute atomic E-state index is 12.5. The van der Waals surface area contributed by atoms with Gasteiger partial charge in [0.15, 0.2) is 5.13 Å². The van der Waals surface area contributed by atoms with Crippen LogP contribution >= 0.6 is 11.3 Å². The van der Waals surface area contributed by atoms with Crippen LogP contribution in [0.25, 0.3) is 0 Å². The second-order valence-electron chi connectivity index (χ2n) is 7.56. The summed E-state index contributed by atoms with van der Waals surface area (Å²) in [6.07, 6.45) is 4.13. The molecule has 150 valence electrons. The van der Waals surface area contributed by atoms with E-state index in [0.717, 1.165) is 50.2 Å². The average Bonchev–Trinajstić information content (AvgIpc) is 3.17. The van der Waals surface area contributed by atoms with Gasteiger partial charge < -0.3 is 9.64 Å². The number of amides is 1. The van der Waals surface area contributed by atoms with Crippen LogP contribution in [-0.2, 0) is 11.3 Å². The Hall–Kier alpha value is -2.03. The Morgan fingerprint density at radius 1 is 1.25 bits per heavy atom. The molecule has 28 heavy (non-hydrogen) atoms. The summed E-state index contributed by atoms with van der Waals surface area (Å²) in [5, 5.41) is 5.57. The number of nitrogens with one attached hydrogen (secondary N) is 1. The standard InChI is InChI=1S/C20H27N5O2S/c1-15-4-6-24(7-5-15)13-17-14-28-20(22-17)23-19(26)16-2-3-18(21-12-16)25-8-10-27-11-9-25/h2-3,12,14-15H,4-11,13H2,1H3,(H,22,23,26). The second-order valence-corrected chi connectivity index (χ2v) is 8.42. The summed E-state index contributed by atoms with van der Waals surface area (Å²) in [7, 11) is 0. The number of ether oxygens (including phenoxy) is 1. The minimum absolute atomic E-state index is 0.172. The lowest BCUT2D eigenvalue weighted by molar-refractivity contribution is 0.102. The molecule has 7 nitrogen and oxygen atoms in total. The molecular formula is C20H27N5O2S. The summed E-state index contributed by atoms with van der Waals surface area (Å²) in [4.78, 5) is 26.1. The molecule has 2 aromatic heterocycles. The van der Waals surface area contributed by atoms with E-state index < -0.39 is 0 Å². The lowest BCUT2D eigenvalue weighted by atomic mass is 9.99. The number of hydrogen-bond donors (Lipinski definition) is 1. The Bertz CT molecular complexity index is 780. The summed E-state index contributed by atoms with van der Waals surface area (Å²) in [6, 6.07) is 3.71. The number of thiazole rings is 1. The number of aromatic nitrogens is 2. The van der Waals surface area contributed by atoms with E-state index in [-0.39, 0.29) is 5.91 Å². The highest BCUT2D eigenvalue weighted by Crippen LogP contribution is 2.21. The molecule has 0 atom stereocenters. The molecule has 2 aliphatic rings. The fraction of sp³-hybridized carbons (Fsp3) is 0.550. The summed E-state index contributed by atoms with van der Waals surface area (Å²) in [6.45, 7) is 8.51. The van der Waals surface area contributed by atoms with Crippen LogP contribution in [-0.4, -0.2) is 60.2 Å². The number of morpholine rings is 1. The molecule has 0 saturated carbocycles. The van der Waals surface area contributed by atoms with E-state index in [0.29, 0.717) is 23.9 Å². The average molecular weight is 402 g/mol. The van der Waals surface area contributed by atoms with Gasteiger partial charge in [-0.1, -0.05) is 6.92 Å². The predicted molar refractivity (Wildman–Crippen MR) is 111 cm³/mol. The molecule has 0 aliphatic carbocycles. The van der Waals surface area contributed by atoms with Crippen molar-refractivity contribution >= 4 is 28.2 Å². The van der Waals surface area contributed by atoms with Crippen molar-refractivity contribution in [2.45, 2.75) is 26.3 Å². The number of carbonyl (C=O) groups is 1. The Labute approximate surface area is 169 Å². The number of likely N-dealkylation sites (tertiary alicyclic amines) is 1. The zero-order valence-electron chi connectivity index (χ0n) is 16.3. The van der Waals surface area contributed by atoms with Crippen LogP contribution in [0, 0.1) is 5.92 Å². The highest BCUT2D eigenvalue weighted by molar-refractivity contribution is 7.13. The van der Waals surface area contributed by atoms with E-state index in [2.05, 4.69) is 32.0 Å².